The molecule has 17 heavy (non-hydrogen) atoms. The van der Waals surface area contributed by atoms with Gasteiger partial charge in [0.05, 0.1) is 12.1 Å². The first-order chi connectivity index (χ1) is 8.22. The summed E-state index contributed by atoms with van der Waals surface area (Å²) in [4.78, 5) is 15.6. The summed E-state index contributed by atoms with van der Waals surface area (Å²) in [5.41, 5.74) is 2.07. The van der Waals surface area contributed by atoms with Crippen molar-refractivity contribution in [3.8, 4) is 0 Å². The van der Waals surface area contributed by atoms with Gasteiger partial charge in [0.2, 0.25) is 0 Å². The number of carbonyl (C=O) groups is 1. The summed E-state index contributed by atoms with van der Waals surface area (Å²) in [6, 6.07) is 0. The van der Waals surface area contributed by atoms with Gasteiger partial charge in [-0.1, -0.05) is 26.7 Å². The Bertz CT molecular complexity index is 348. The second kappa shape index (κ2) is 7.27. The van der Waals surface area contributed by atoms with Crippen molar-refractivity contribution in [3.63, 3.8) is 0 Å². The third kappa shape index (κ3) is 4.00. The van der Waals surface area contributed by atoms with Gasteiger partial charge in [0, 0.05) is 6.54 Å². The van der Waals surface area contributed by atoms with E-state index in [4.69, 9.17) is 4.74 Å². The minimum atomic E-state index is -0.346. The van der Waals surface area contributed by atoms with E-state index in [1.165, 1.54) is 11.3 Å². The van der Waals surface area contributed by atoms with Gasteiger partial charge < -0.3 is 10.1 Å². The molecule has 0 aliphatic rings. The zero-order chi connectivity index (χ0) is 12.7. The Morgan fingerprint density at radius 2 is 2.18 bits per heavy atom. The lowest BCUT2D eigenvalue weighted by Crippen LogP contribution is -2.15. The second-order valence-corrected chi connectivity index (χ2v) is 4.67. The van der Waals surface area contributed by atoms with E-state index in [1.54, 1.807) is 12.4 Å². The number of nitrogens with one attached hydrogen (secondary N) is 1. The van der Waals surface area contributed by atoms with Gasteiger partial charge in [0.1, 0.15) is 5.00 Å². The third-order valence-corrected chi connectivity index (χ3v) is 3.53. The summed E-state index contributed by atoms with van der Waals surface area (Å²) < 4.78 is 4.95. The molecule has 0 saturated heterocycles. The van der Waals surface area contributed by atoms with Crippen LogP contribution < -0.4 is 5.32 Å². The molecule has 1 aromatic rings. The SMILES string of the molecule is CCOC(=O)c1ncsc1NCC(CC)CC. The van der Waals surface area contributed by atoms with Crippen LogP contribution in [0.4, 0.5) is 5.00 Å². The molecule has 5 heteroatoms. The fourth-order valence-electron chi connectivity index (χ4n) is 1.53. The predicted molar refractivity (Wildman–Crippen MR) is 70.6 cm³/mol. The van der Waals surface area contributed by atoms with Crippen molar-refractivity contribution in [1.82, 2.24) is 4.98 Å². The molecule has 1 heterocycles. The summed E-state index contributed by atoms with van der Waals surface area (Å²) in [6.07, 6.45) is 2.27. The Balaban J connectivity index is 2.59. The molecule has 0 aliphatic heterocycles. The highest BCUT2D eigenvalue weighted by Crippen LogP contribution is 2.22. The van der Waals surface area contributed by atoms with E-state index in [-0.39, 0.29) is 5.97 Å². The maximum atomic E-state index is 11.6. The van der Waals surface area contributed by atoms with E-state index in [0.29, 0.717) is 18.2 Å². The minimum absolute atomic E-state index is 0.346. The molecule has 1 aromatic heterocycles. The molecular weight excluding hydrogens is 236 g/mol. The molecule has 96 valence electrons. The van der Waals surface area contributed by atoms with Crippen LogP contribution in [0.1, 0.15) is 44.1 Å². The fraction of sp³-hybridized carbons (Fsp3) is 0.667. The minimum Gasteiger partial charge on any atom is -0.461 e. The van der Waals surface area contributed by atoms with Crippen LogP contribution in [-0.2, 0) is 4.74 Å². The Morgan fingerprint density at radius 3 is 2.76 bits per heavy atom. The van der Waals surface area contributed by atoms with Crippen LogP contribution in [0.3, 0.4) is 0 Å². The number of aromatic nitrogens is 1. The Morgan fingerprint density at radius 1 is 1.47 bits per heavy atom. The number of nitrogens with zero attached hydrogens (tertiary/aromatic N) is 1. The van der Waals surface area contributed by atoms with Crippen LogP contribution in [0.5, 0.6) is 0 Å². The fourth-order valence-corrected chi connectivity index (χ4v) is 2.21. The molecule has 0 bridgehead atoms. The average Bonchev–Trinajstić information content (AvgIpc) is 2.79. The van der Waals surface area contributed by atoms with E-state index in [0.717, 1.165) is 24.4 Å². The summed E-state index contributed by atoms with van der Waals surface area (Å²) in [5.74, 6) is 0.285. The Labute approximate surface area is 106 Å². The number of hydrogen-bond acceptors (Lipinski definition) is 5. The average molecular weight is 256 g/mol. The first kappa shape index (κ1) is 14.0. The summed E-state index contributed by atoms with van der Waals surface area (Å²) >= 11 is 1.44. The maximum Gasteiger partial charge on any atom is 0.360 e. The van der Waals surface area contributed by atoms with Gasteiger partial charge in [-0.15, -0.1) is 11.3 Å². The zero-order valence-corrected chi connectivity index (χ0v) is 11.5. The van der Waals surface area contributed by atoms with Crippen molar-refractivity contribution in [1.29, 1.82) is 0 Å². The van der Waals surface area contributed by atoms with E-state index >= 15 is 0 Å². The van der Waals surface area contributed by atoms with Crippen molar-refractivity contribution in [2.24, 2.45) is 5.92 Å². The zero-order valence-electron chi connectivity index (χ0n) is 10.7. The Hall–Kier alpha value is -1.10. The van der Waals surface area contributed by atoms with Gasteiger partial charge in [0.15, 0.2) is 5.69 Å². The highest BCUT2D eigenvalue weighted by Gasteiger charge is 2.16. The highest BCUT2D eigenvalue weighted by atomic mass is 32.1. The van der Waals surface area contributed by atoms with Crippen LogP contribution >= 0.6 is 11.3 Å². The first-order valence-electron chi connectivity index (χ1n) is 6.07. The van der Waals surface area contributed by atoms with Gasteiger partial charge >= 0.3 is 5.97 Å². The van der Waals surface area contributed by atoms with Crippen molar-refractivity contribution in [2.75, 3.05) is 18.5 Å². The van der Waals surface area contributed by atoms with Gasteiger partial charge in [-0.05, 0) is 12.8 Å². The molecule has 0 fully saturated rings. The highest BCUT2D eigenvalue weighted by molar-refractivity contribution is 7.14. The molecule has 0 saturated carbocycles. The molecule has 1 rings (SSSR count). The first-order valence-corrected chi connectivity index (χ1v) is 6.95. The number of thiazole rings is 1. The quantitative estimate of drug-likeness (QED) is 0.761. The van der Waals surface area contributed by atoms with Crippen LogP contribution in [-0.4, -0.2) is 24.1 Å². The van der Waals surface area contributed by atoms with Crippen LogP contribution in [0.2, 0.25) is 0 Å². The molecule has 0 amide bonds. The lowest BCUT2D eigenvalue weighted by Gasteiger charge is -2.13. The number of carbonyl (C=O) groups excluding carboxylic acids is 1. The summed E-state index contributed by atoms with van der Waals surface area (Å²) in [6.45, 7) is 7.40. The van der Waals surface area contributed by atoms with E-state index in [1.807, 2.05) is 0 Å². The van der Waals surface area contributed by atoms with Crippen LogP contribution in [0, 0.1) is 5.92 Å². The van der Waals surface area contributed by atoms with Crippen molar-refractivity contribution in [3.05, 3.63) is 11.2 Å². The van der Waals surface area contributed by atoms with Crippen molar-refractivity contribution < 1.29 is 9.53 Å². The molecule has 0 unspecified atom stereocenters. The number of esters is 1. The molecule has 0 spiro atoms. The monoisotopic (exact) mass is 256 g/mol. The smallest absolute Gasteiger partial charge is 0.360 e. The van der Waals surface area contributed by atoms with E-state index < -0.39 is 0 Å². The van der Waals surface area contributed by atoms with E-state index in [2.05, 4.69) is 24.1 Å². The topological polar surface area (TPSA) is 51.2 Å². The molecule has 4 nitrogen and oxygen atoms in total. The molecule has 0 radical (unpaired) electrons. The van der Waals surface area contributed by atoms with Gasteiger partial charge in [-0.3, -0.25) is 0 Å². The normalized spacial score (nSPS) is 10.6. The van der Waals surface area contributed by atoms with Crippen LogP contribution in [0.15, 0.2) is 5.51 Å². The maximum absolute atomic E-state index is 11.6. The summed E-state index contributed by atoms with van der Waals surface area (Å²) in [5, 5.41) is 4.10. The largest absolute Gasteiger partial charge is 0.461 e. The standard InChI is InChI=1S/C12H20N2O2S/c1-4-9(5-2)7-13-11-10(14-8-17-11)12(15)16-6-3/h8-9,13H,4-7H2,1-3H3. The van der Waals surface area contributed by atoms with E-state index in [9.17, 15) is 4.79 Å². The Kier molecular flexibility index (Phi) is 5.97. The number of hydrogen-bond donors (Lipinski definition) is 1. The van der Waals surface area contributed by atoms with Gasteiger partial charge in [-0.2, -0.15) is 0 Å². The van der Waals surface area contributed by atoms with Crippen LogP contribution in [0.25, 0.3) is 0 Å². The second-order valence-electron chi connectivity index (χ2n) is 3.81. The van der Waals surface area contributed by atoms with Crippen molar-refractivity contribution in [2.45, 2.75) is 33.6 Å². The molecular formula is C12H20N2O2S. The lowest BCUT2D eigenvalue weighted by molar-refractivity contribution is 0.0521. The number of rotatable bonds is 7. The van der Waals surface area contributed by atoms with Gasteiger partial charge in [0.25, 0.3) is 0 Å². The molecule has 0 atom stereocenters. The third-order valence-electron chi connectivity index (χ3n) is 2.74. The van der Waals surface area contributed by atoms with Gasteiger partial charge in [-0.25, -0.2) is 9.78 Å². The molecule has 1 N–H and O–H groups in total. The number of anilines is 1. The lowest BCUT2D eigenvalue weighted by atomic mass is 10.0. The molecule has 0 aliphatic carbocycles. The van der Waals surface area contributed by atoms with Crippen molar-refractivity contribution >= 4 is 22.3 Å². The number of ether oxygens (including phenoxy) is 1. The molecule has 0 aromatic carbocycles. The summed E-state index contributed by atoms with van der Waals surface area (Å²) in [7, 11) is 0. The predicted octanol–water partition coefficient (Wildman–Crippen LogP) is 3.17.